The lowest BCUT2D eigenvalue weighted by Crippen LogP contribution is -2.20. The third kappa shape index (κ3) is 2.60. The predicted molar refractivity (Wildman–Crippen MR) is 87.6 cm³/mol. The fourth-order valence-electron chi connectivity index (χ4n) is 1.54. The minimum atomic E-state index is -3.29. The van der Waals surface area contributed by atoms with Gasteiger partial charge in [0.25, 0.3) is 0 Å². The molecule has 0 atom stereocenters. The monoisotopic (exact) mass is 472 g/mol. The first kappa shape index (κ1) is 13.5. The number of hydrogen-bond donors (Lipinski definition) is 0. The van der Waals surface area contributed by atoms with E-state index in [2.05, 4.69) is 0 Å². The Morgan fingerprint density at radius 3 is 2.18 bits per heavy atom. The molecule has 0 heterocycles. The second-order valence-corrected chi connectivity index (χ2v) is 14.0. The Hall–Kier alpha value is 0.110. The molecule has 0 saturated carbocycles. The van der Waals surface area contributed by atoms with Crippen LogP contribution in [0, 0.1) is 0 Å². The molecule has 0 aliphatic heterocycles. The van der Waals surface area contributed by atoms with Crippen molar-refractivity contribution >= 4 is 65.8 Å². The summed E-state index contributed by atoms with van der Waals surface area (Å²) < 4.78 is 23.7. The lowest BCUT2D eigenvalue weighted by molar-refractivity contribution is 0.595. The highest BCUT2D eigenvalue weighted by Gasteiger charge is 2.34. The van der Waals surface area contributed by atoms with Gasteiger partial charge in [0, 0.05) is 0 Å². The Bertz CT molecular complexity index is 658. The summed E-state index contributed by atoms with van der Waals surface area (Å²) in [6.45, 7) is 1.69. The lowest BCUT2D eigenvalue weighted by atomic mass is 10.1. The van der Waals surface area contributed by atoms with Gasteiger partial charge >= 0.3 is 0 Å². The van der Waals surface area contributed by atoms with Gasteiger partial charge in [-0.3, -0.25) is 0 Å². The largest absolute Gasteiger partial charge is 0.221 e. The van der Waals surface area contributed by atoms with Crippen LogP contribution in [-0.2, 0) is 9.84 Å². The molecule has 0 unspecified atom stereocenters. The van der Waals surface area contributed by atoms with Crippen molar-refractivity contribution in [1.29, 1.82) is 0 Å². The highest BCUT2D eigenvalue weighted by atomic mass is 127. The van der Waals surface area contributed by atoms with Crippen LogP contribution < -0.4 is 0 Å². The Kier molecular flexibility index (Phi) is 3.71. The standard InChI is InChI=1S/C12H10I2O2S/c1-12(13,14)17(15,16)11-7-6-9-4-2-3-5-10(9)8-11/h2-8H,1H3. The lowest BCUT2D eigenvalue weighted by Gasteiger charge is -2.15. The second-order valence-electron chi connectivity index (χ2n) is 3.82. The van der Waals surface area contributed by atoms with E-state index >= 15 is 0 Å². The van der Waals surface area contributed by atoms with E-state index in [1.54, 1.807) is 19.1 Å². The Morgan fingerprint density at radius 2 is 1.59 bits per heavy atom. The fourth-order valence-corrected chi connectivity index (χ4v) is 4.01. The highest BCUT2D eigenvalue weighted by Crippen LogP contribution is 2.38. The molecule has 0 saturated heterocycles. The summed E-state index contributed by atoms with van der Waals surface area (Å²) in [6, 6.07) is 13.0. The van der Waals surface area contributed by atoms with Gasteiger partial charge in [-0.25, -0.2) is 8.42 Å². The van der Waals surface area contributed by atoms with E-state index in [1.807, 2.05) is 75.5 Å². The van der Waals surface area contributed by atoms with Crippen molar-refractivity contribution in [3.8, 4) is 0 Å². The summed E-state index contributed by atoms with van der Waals surface area (Å²) in [7, 11) is -3.29. The summed E-state index contributed by atoms with van der Waals surface area (Å²) in [5.41, 5.74) is 0. The third-order valence-electron chi connectivity index (χ3n) is 2.50. The molecule has 0 amide bonds. The van der Waals surface area contributed by atoms with Gasteiger partial charge in [-0.2, -0.15) is 0 Å². The molecule has 2 aromatic rings. The minimum absolute atomic E-state index is 0.377. The molecule has 0 aromatic heterocycles. The minimum Gasteiger partial charge on any atom is -0.221 e. The first-order valence-corrected chi connectivity index (χ1v) is 8.58. The van der Waals surface area contributed by atoms with E-state index in [4.69, 9.17) is 0 Å². The summed E-state index contributed by atoms with van der Waals surface area (Å²) in [4.78, 5) is 0.377. The molecule has 0 N–H and O–H groups in total. The topological polar surface area (TPSA) is 34.1 Å². The first-order valence-electron chi connectivity index (χ1n) is 4.93. The van der Waals surface area contributed by atoms with Crippen LogP contribution in [0.4, 0.5) is 0 Å². The molecule has 0 bridgehead atoms. The quantitative estimate of drug-likeness (QED) is 0.487. The first-order chi connectivity index (χ1) is 7.82. The molecule has 17 heavy (non-hydrogen) atoms. The zero-order chi connectivity index (χ0) is 12.7. The second kappa shape index (κ2) is 4.65. The maximum atomic E-state index is 12.3. The summed E-state index contributed by atoms with van der Waals surface area (Å²) >= 11 is 3.89. The van der Waals surface area contributed by atoms with Crippen molar-refractivity contribution in [2.45, 2.75) is 12.6 Å². The van der Waals surface area contributed by atoms with E-state index in [1.165, 1.54) is 0 Å². The number of benzene rings is 2. The van der Waals surface area contributed by atoms with Crippen LogP contribution in [0.25, 0.3) is 10.8 Å². The van der Waals surface area contributed by atoms with Crippen molar-refractivity contribution in [1.82, 2.24) is 0 Å². The number of rotatable bonds is 2. The van der Waals surface area contributed by atoms with Crippen molar-refractivity contribution in [2.75, 3.05) is 0 Å². The third-order valence-corrected chi connectivity index (χ3v) is 7.80. The number of hydrogen-bond acceptors (Lipinski definition) is 2. The highest BCUT2D eigenvalue weighted by molar-refractivity contribution is 14.2. The predicted octanol–water partition coefficient (Wildman–Crippen LogP) is 4.16. The molecule has 2 nitrogen and oxygen atoms in total. The summed E-state index contributed by atoms with van der Waals surface area (Å²) in [6.07, 6.45) is 0. The van der Waals surface area contributed by atoms with Crippen molar-refractivity contribution < 1.29 is 8.42 Å². The van der Waals surface area contributed by atoms with Crippen LogP contribution in [0.1, 0.15) is 6.92 Å². The van der Waals surface area contributed by atoms with Gasteiger partial charge in [-0.15, -0.1) is 0 Å². The number of alkyl halides is 2. The van der Waals surface area contributed by atoms with Gasteiger partial charge in [0.2, 0.25) is 9.84 Å². The average molecular weight is 472 g/mol. The molecule has 0 radical (unpaired) electrons. The van der Waals surface area contributed by atoms with Gasteiger partial charge < -0.3 is 0 Å². The van der Waals surface area contributed by atoms with Crippen LogP contribution >= 0.6 is 45.2 Å². The Labute approximate surface area is 128 Å². The number of sulfone groups is 1. The van der Waals surface area contributed by atoms with E-state index in [-0.39, 0.29) is 0 Å². The van der Waals surface area contributed by atoms with Crippen molar-refractivity contribution in [3.63, 3.8) is 0 Å². The van der Waals surface area contributed by atoms with Gasteiger partial charge in [0.05, 0.1) is 4.90 Å². The zero-order valence-electron chi connectivity index (χ0n) is 9.02. The summed E-state index contributed by atoms with van der Waals surface area (Å²) in [5, 5.41) is 2.00. The Balaban J connectivity index is 2.66. The van der Waals surface area contributed by atoms with Crippen LogP contribution in [0.5, 0.6) is 0 Å². The smallest absolute Gasteiger partial charge is 0.202 e. The van der Waals surface area contributed by atoms with Crippen LogP contribution in [0.15, 0.2) is 47.4 Å². The van der Waals surface area contributed by atoms with E-state index in [0.29, 0.717) is 4.90 Å². The van der Waals surface area contributed by atoms with Gasteiger partial charge in [0.1, 0.15) is 0 Å². The van der Waals surface area contributed by atoms with Gasteiger partial charge in [-0.05, 0) is 75.0 Å². The molecular weight excluding hydrogens is 462 g/mol. The molecule has 0 aliphatic rings. The maximum absolute atomic E-state index is 12.3. The van der Waals surface area contributed by atoms with Crippen LogP contribution in [0.2, 0.25) is 0 Å². The molecule has 0 fully saturated rings. The van der Waals surface area contributed by atoms with E-state index in [0.717, 1.165) is 10.8 Å². The average Bonchev–Trinajstić information content (AvgIpc) is 2.27. The summed E-state index contributed by atoms with van der Waals surface area (Å²) in [5.74, 6) is 0. The molecular formula is C12H10I2O2S. The fraction of sp³-hybridized carbons (Fsp3) is 0.167. The molecule has 0 spiro atoms. The number of fused-ring (bicyclic) bond motifs is 1. The van der Waals surface area contributed by atoms with Crippen molar-refractivity contribution in [3.05, 3.63) is 42.5 Å². The SMILES string of the molecule is CC(I)(I)S(=O)(=O)c1ccc2ccccc2c1. The molecule has 0 aliphatic carbocycles. The zero-order valence-corrected chi connectivity index (χ0v) is 14.2. The van der Waals surface area contributed by atoms with Gasteiger partial charge in [0.15, 0.2) is 0.760 Å². The molecule has 2 rings (SSSR count). The van der Waals surface area contributed by atoms with Crippen LogP contribution in [0.3, 0.4) is 0 Å². The van der Waals surface area contributed by atoms with Crippen molar-refractivity contribution in [2.24, 2.45) is 0 Å². The van der Waals surface area contributed by atoms with Crippen LogP contribution in [-0.4, -0.2) is 9.18 Å². The van der Waals surface area contributed by atoms with E-state index < -0.39 is 10.6 Å². The molecule has 90 valence electrons. The van der Waals surface area contributed by atoms with Gasteiger partial charge in [-0.1, -0.05) is 30.3 Å². The number of halogens is 2. The van der Waals surface area contributed by atoms with E-state index in [9.17, 15) is 8.42 Å². The Morgan fingerprint density at radius 1 is 1.00 bits per heavy atom. The maximum Gasteiger partial charge on any atom is 0.202 e. The normalized spacial score (nSPS) is 12.9. The molecule has 5 heteroatoms. The molecule has 2 aromatic carbocycles.